The van der Waals surface area contributed by atoms with Crippen molar-refractivity contribution in [3.63, 3.8) is 0 Å². The first-order valence-corrected chi connectivity index (χ1v) is 13.1. The van der Waals surface area contributed by atoms with Crippen LogP contribution in [0.25, 0.3) is 11.1 Å². The van der Waals surface area contributed by atoms with Crippen molar-refractivity contribution in [3.8, 4) is 16.9 Å². The van der Waals surface area contributed by atoms with Gasteiger partial charge in [-0.2, -0.15) is 0 Å². The maximum Gasteiger partial charge on any atom is 0.119 e. The van der Waals surface area contributed by atoms with Gasteiger partial charge in [0.1, 0.15) is 5.75 Å². The number of hydrogen-bond donors (Lipinski definition) is 0. The zero-order valence-corrected chi connectivity index (χ0v) is 20.2. The Morgan fingerprint density at radius 3 is 2.00 bits per heavy atom. The van der Waals surface area contributed by atoms with Crippen molar-refractivity contribution < 1.29 is 4.74 Å². The van der Waals surface area contributed by atoms with Gasteiger partial charge in [-0.05, 0) is 104 Å². The van der Waals surface area contributed by atoms with Crippen LogP contribution < -0.4 is 4.74 Å². The van der Waals surface area contributed by atoms with Gasteiger partial charge in [0.15, 0.2) is 0 Å². The molecule has 3 aliphatic rings. The Balaban J connectivity index is 1.33. The summed E-state index contributed by atoms with van der Waals surface area (Å²) >= 11 is 0. The summed E-state index contributed by atoms with van der Waals surface area (Å²) in [5.74, 6) is 0.967. The molecule has 0 atom stereocenters. The Morgan fingerprint density at radius 1 is 0.781 bits per heavy atom. The van der Waals surface area contributed by atoms with Gasteiger partial charge in [-0.1, -0.05) is 68.7 Å². The SMILES string of the molecule is C=CCCCCOc1ccc(-c2ccc(C34CCC(CCCCC)(CC3)CC4)cc2)cc1. The number of benzene rings is 2. The minimum Gasteiger partial charge on any atom is -0.494 e. The highest BCUT2D eigenvalue weighted by atomic mass is 16.5. The molecule has 0 radical (unpaired) electrons. The Morgan fingerprint density at radius 2 is 1.41 bits per heavy atom. The van der Waals surface area contributed by atoms with Crippen molar-refractivity contribution in [2.45, 2.75) is 95.8 Å². The molecule has 0 aliphatic heterocycles. The van der Waals surface area contributed by atoms with Gasteiger partial charge in [-0.3, -0.25) is 0 Å². The molecular formula is C31H42O. The van der Waals surface area contributed by atoms with E-state index in [0.29, 0.717) is 10.8 Å². The number of unbranched alkanes of at least 4 members (excludes halogenated alkanes) is 4. The van der Waals surface area contributed by atoms with E-state index in [4.69, 9.17) is 4.74 Å². The molecule has 1 heteroatoms. The average molecular weight is 431 g/mol. The second-order valence-electron chi connectivity index (χ2n) is 10.5. The molecule has 2 aromatic carbocycles. The number of allylic oxidation sites excluding steroid dienone is 1. The Bertz CT molecular complexity index is 821. The Hall–Kier alpha value is -2.02. The van der Waals surface area contributed by atoms with Crippen LogP contribution in [-0.2, 0) is 5.41 Å². The number of hydrogen-bond acceptors (Lipinski definition) is 1. The second kappa shape index (κ2) is 10.7. The first-order chi connectivity index (χ1) is 15.7. The van der Waals surface area contributed by atoms with E-state index in [1.165, 1.54) is 75.3 Å². The van der Waals surface area contributed by atoms with Gasteiger partial charge >= 0.3 is 0 Å². The summed E-state index contributed by atoms with van der Waals surface area (Å²) in [6, 6.07) is 18.1. The summed E-state index contributed by atoms with van der Waals surface area (Å²) in [5, 5.41) is 0. The average Bonchev–Trinajstić information content (AvgIpc) is 2.86. The summed E-state index contributed by atoms with van der Waals surface area (Å²) in [4.78, 5) is 0. The lowest BCUT2D eigenvalue weighted by atomic mass is 9.51. The molecule has 32 heavy (non-hydrogen) atoms. The zero-order chi connectivity index (χ0) is 22.3. The second-order valence-corrected chi connectivity index (χ2v) is 10.5. The predicted molar refractivity (Wildman–Crippen MR) is 137 cm³/mol. The smallest absolute Gasteiger partial charge is 0.119 e. The van der Waals surface area contributed by atoms with Crippen LogP contribution in [-0.4, -0.2) is 6.61 Å². The molecule has 0 spiro atoms. The highest BCUT2D eigenvalue weighted by Crippen LogP contribution is 2.59. The predicted octanol–water partition coefficient (Wildman–Crippen LogP) is 9.26. The molecule has 3 aliphatic carbocycles. The van der Waals surface area contributed by atoms with Crippen LogP contribution >= 0.6 is 0 Å². The van der Waals surface area contributed by atoms with Crippen LogP contribution in [0, 0.1) is 5.41 Å². The third-order valence-electron chi connectivity index (χ3n) is 8.47. The fraction of sp³-hybridized carbons (Fsp3) is 0.548. The maximum absolute atomic E-state index is 5.88. The van der Waals surface area contributed by atoms with E-state index in [1.807, 2.05) is 6.08 Å². The van der Waals surface area contributed by atoms with Crippen molar-refractivity contribution in [2.24, 2.45) is 5.41 Å². The molecule has 0 saturated heterocycles. The van der Waals surface area contributed by atoms with Gasteiger partial charge < -0.3 is 4.74 Å². The first-order valence-electron chi connectivity index (χ1n) is 13.1. The molecule has 3 saturated carbocycles. The minimum atomic E-state index is 0.453. The third-order valence-corrected chi connectivity index (χ3v) is 8.47. The normalized spacial score (nSPS) is 24.4. The van der Waals surface area contributed by atoms with Crippen LogP contribution in [0.2, 0.25) is 0 Å². The lowest BCUT2D eigenvalue weighted by Crippen LogP contribution is -2.44. The number of rotatable bonds is 12. The first kappa shape index (κ1) is 23.1. The van der Waals surface area contributed by atoms with Crippen LogP contribution in [0.4, 0.5) is 0 Å². The van der Waals surface area contributed by atoms with Gasteiger partial charge in [0.2, 0.25) is 0 Å². The molecule has 0 amide bonds. The molecule has 0 N–H and O–H groups in total. The molecule has 172 valence electrons. The molecule has 2 aromatic rings. The van der Waals surface area contributed by atoms with Crippen molar-refractivity contribution in [2.75, 3.05) is 6.61 Å². The zero-order valence-electron chi connectivity index (χ0n) is 20.2. The van der Waals surface area contributed by atoms with Crippen LogP contribution in [0.5, 0.6) is 5.75 Å². The highest BCUT2D eigenvalue weighted by Gasteiger charge is 2.48. The fourth-order valence-electron chi connectivity index (χ4n) is 6.16. The van der Waals surface area contributed by atoms with Gasteiger partial charge in [0.25, 0.3) is 0 Å². The van der Waals surface area contributed by atoms with Crippen molar-refractivity contribution in [1.82, 2.24) is 0 Å². The van der Waals surface area contributed by atoms with Gasteiger partial charge in [0.05, 0.1) is 6.61 Å². The van der Waals surface area contributed by atoms with E-state index >= 15 is 0 Å². The van der Waals surface area contributed by atoms with E-state index in [9.17, 15) is 0 Å². The summed E-state index contributed by atoms with van der Waals surface area (Å²) in [7, 11) is 0. The van der Waals surface area contributed by atoms with Gasteiger partial charge in [0, 0.05) is 0 Å². The standard InChI is InChI=1S/C31H42O/c1-3-5-7-9-25-32-29-16-12-27(13-17-29)26-10-14-28(15-11-26)31-22-19-30(20-23-31,21-24-31)18-8-6-4-2/h3,10-17H,1,4-9,18-25H2,2H3. The van der Waals surface area contributed by atoms with Gasteiger partial charge in [-0.15, -0.1) is 6.58 Å². The minimum absolute atomic E-state index is 0.453. The molecule has 5 rings (SSSR count). The molecule has 0 aromatic heterocycles. The summed E-state index contributed by atoms with van der Waals surface area (Å²) in [6.45, 7) is 6.88. The molecule has 1 nitrogen and oxygen atoms in total. The van der Waals surface area contributed by atoms with Crippen LogP contribution in [0.3, 0.4) is 0 Å². The molecule has 3 fully saturated rings. The molecule has 0 unspecified atom stereocenters. The Kier molecular flexibility index (Phi) is 7.76. The van der Waals surface area contributed by atoms with E-state index in [2.05, 4.69) is 62.0 Å². The molecule has 2 bridgehead atoms. The van der Waals surface area contributed by atoms with Crippen LogP contribution in [0.1, 0.15) is 96.0 Å². The largest absolute Gasteiger partial charge is 0.494 e. The summed E-state index contributed by atoms with van der Waals surface area (Å²) in [5.41, 5.74) is 5.31. The lowest BCUT2D eigenvalue weighted by molar-refractivity contribution is 0.0305. The fourth-order valence-corrected chi connectivity index (χ4v) is 6.16. The van der Waals surface area contributed by atoms with Crippen molar-refractivity contribution >= 4 is 0 Å². The summed E-state index contributed by atoms with van der Waals surface area (Å²) < 4.78 is 5.88. The van der Waals surface area contributed by atoms with Crippen molar-refractivity contribution in [1.29, 1.82) is 0 Å². The van der Waals surface area contributed by atoms with E-state index < -0.39 is 0 Å². The van der Waals surface area contributed by atoms with Crippen molar-refractivity contribution in [3.05, 3.63) is 66.7 Å². The van der Waals surface area contributed by atoms with Gasteiger partial charge in [-0.25, -0.2) is 0 Å². The Labute approximate surface area is 196 Å². The quantitative estimate of drug-likeness (QED) is 0.241. The molecular weight excluding hydrogens is 388 g/mol. The van der Waals surface area contributed by atoms with E-state index in [1.54, 1.807) is 5.56 Å². The number of fused-ring (bicyclic) bond motifs is 3. The highest BCUT2D eigenvalue weighted by molar-refractivity contribution is 5.64. The topological polar surface area (TPSA) is 9.23 Å². The van der Waals surface area contributed by atoms with Crippen LogP contribution in [0.15, 0.2) is 61.2 Å². The maximum atomic E-state index is 5.88. The lowest BCUT2D eigenvalue weighted by Gasteiger charge is -2.54. The van der Waals surface area contributed by atoms with E-state index in [-0.39, 0.29) is 0 Å². The third kappa shape index (κ3) is 5.30. The monoisotopic (exact) mass is 430 g/mol. The van der Waals surface area contributed by atoms with E-state index in [0.717, 1.165) is 31.6 Å². The molecule has 0 heterocycles. The summed E-state index contributed by atoms with van der Waals surface area (Å²) in [6.07, 6.45) is 19.5. The number of ether oxygens (including phenoxy) is 1.